The molecule has 1 amide bonds. The van der Waals surface area contributed by atoms with Crippen LogP contribution in [0.15, 0.2) is 18.1 Å². The zero-order valence-electron chi connectivity index (χ0n) is 13.3. The van der Waals surface area contributed by atoms with Gasteiger partial charge in [-0.1, -0.05) is 13.3 Å². The highest BCUT2D eigenvalue weighted by Crippen LogP contribution is 2.16. The number of aromatic nitrogens is 2. The van der Waals surface area contributed by atoms with E-state index in [4.69, 9.17) is 22.6 Å². The smallest absolute Gasteiger partial charge is 0.271 e. The number of hydrogen-bond acceptors (Lipinski definition) is 8. The van der Waals surface area contributed by atoms with Gasteiger partial charge in [-0.15, -0.1) is 0 Å². The van der Waals surface area contributed by atoms with Crippen LogP contribution in [0.2, 0.25) is 0 Å². The number of amides is 1. The predicted molar refractivity (Wildman–Crippen MR) is 91.2 cm³/mol. The summed E-state index contributed by atoms with van der Waals surface area (Å²) >= 11 is 0. The Morgan fingerprint density at radius 3 is 2.70 bits per heavy atom. The Kier molecular flexibility index (Phi) is 6.94. The van der Waals surface area contributed by atoms with Gasteiger partial charge in [0.1, 0.15) is 5.82 Å². The summed E-state index contributed by atoms with van der Waals surface area (Å²) in [4.78, 5) is 19.8. The molecule has 9 nitrogen and oxygen atoms in total. The van der Waals surface area contributed by atoms with Gasteiger partial charge >= 0.3 is 0 Å². The Morgan fingerprint density at radius 2 is 2.22 bits per heavy atom. The number of anilines is 2. The highest BCUT2D eigenvalue weighted by molar-refractivity contribution is 5.97. The number of rotatable bonds is 9. The van der Waals surface area contributed by atoms with Gasteiger partial charge in [-0.3, -0.25) is 4.79 Å². The number of carbonyl (C=O) groups is 1. The molecule has 0 aromatic carbocycles. The van der Waals surface area contributed by atoms with Gasteiger partial charge in [0.2, 0.25) is 0 Å². The average Bonchev–Trinajstić information content (AvgIpc) is 2.51. The van der Waals surface area contributed by atoms with Crippen molar-refractivity contribution < 1.29 is 4.79 Å². The lowest BCUT2D eigenvalue weighted by Crippen LogP contribution is -2.38. The van der Waals surface area contributed by atoms with Crippen molar-refractivity contribution in [3.63, 3.8) is 0 Å². The Balaban J connectivity index is 3.12. The summed E-state index contributed by atoms with van der Waals surface area (Å²) in [5.74, 6) is -0.151. The van der Waals surface area contributed by atoms with Crippen LogP contribution in [0.25, 0.3) is 0 Å². The van der Waals surface area contributed by atoms with Crippen molar-refractivity contribution in [1.29, 1.82) is 5.41 Å². The second-order valence-corrected chi connectivity index (χ2v) is 5.11. The molecule has 1 rings (SSSR count). The number of hydrogen-bond donors (Lipinski definition) is 6. The van der Waals surface area contributed by atoms with Crippen LogP contribution in [-0.4, -0.2) is 34.2 Å². The molecule has 0 spiro atoms. The second-order valence-electron chi connectivity index (χ2n) is 5.11. The quantitative estimate of drug-likeness (QED) is 0.357. The first-order valence-electron chi connectivity index (χ1n) is 7.31. The van der Waals surface area contributed by atoms with E-state index in [1.54, 1.807) is 0 Å². The zero-order chi connectivity index (χ0) is 17.4. The molecule has 0 saturated carbocycles. The summed E-state index contributed by atoms with van der Waals surface area (Å²) in [5.41, 5.74) is 16.9. The number of nitrogens with zero attached hydrogens (tertiary/aromatic N) is 2. The molecule has 0 fully saturated rings. The highest BCUT2D eigenvalue weighted by Gasteiger charge is 2.17. The average molecular weight is 320 g/mol. The normalized spacial score (nSPS) is 14.0. The molecule has 1 aromatic heterocycles. The molecule has 1 heterocycles. The molecule has 0 aliphatic rings. The number of primary amides is 1. The molecule has 0 unspecified atom stereocenters. The van der Waals surface area contributed by atoms with E-state index in [1.165, 1.54) is 12.4 Å². The van der Waals surface area contributed by atoms with Gasteiger partial charge in [0.05, 0.1) is 11.9 Å². The molecule has 0 bridgehead atoms. The summed E-state index contributed by atoms with van der Waals surface area (Å²) in [5, 5.41) is 13.2. The van der Waals surface area contributed by atoms with Gasteiger partial charge in [0, 0.05) is 24.5 Å². The largest absolute Gasteiger partial charge is 0.403 e. The van der Waals surface area contributed by atoms with E-state index in [0.717, 1.165) is 19.1 Å². The SMILES string of the molecule is CCC[C@@H](Nc1cnc(C(N)=O)c(N/C(C=N)=C/N)n1)[C@H](C)N. The van der Waals surface area contributed by atoms with Crippen molar-refractivity contribution in [3.8, 4) is 0 Å². The monoisotopic (exact) mass is 320 g/mol. The van der Waals surface area contributed by atoms with E-state index in [-0.39, 0.29) is 29.3 Å². The summed E-state index contributed by atoms with van der Waals surface area (Å²) in [6.45, 7) is 3.97. The van der Waals surface area contributed by atoms with Gasteiger partial charge in [0.15, 0.2) is 11.5 Å². The standard InChI is InChI=1S/C14H24N8O/c1-3-4-10(8(2)17)21-11-7-19-12(13(18)23)14(22-11)20-9(5-15)6-16/h5-8,10,15H,3-4,16-17H2,1-2H3,(H2,18,23)(H2,20,21,22)/b9-6+,15-5?/t8-,10+/m0/s1. The molecule has 23 heavy (non-hydrogen) atoms. The highest BCUT2D eigenvalue weighted by atomic mass is 16.1. The Morgan fingerprint density at radius 1 is 1.52 bits per heavy atom. The van der Waals surface area contributed by atoms with Gasteiger partial charge < -0.3 is 33.2 Å². The summed E-state index contributed by atoms with van der Waals surface area (Å²) in [6, 6.07) is -0.0566. The van der Waals surface area contributed by atoms with E-state index in [2.05, 4.69) is 27.5 Å². The molecule has 0 aliphatic carbocycles. The van der Waals surface area contributed by atoms with Crippen molar-refractivity contribution in [3.05, 3.63) is 23.8 Å². The first-order chi connectivity index (χ1) is 10.9. The molecule has 0 aliphatic heterocycles. The van der Waals surface area contributed by atoms with Crippen molar-refractivity contribution >= 4 is 23.8 Å². The van der Waals surface area contributed by atoms with Crippen molar-refractivity contribution in [1.82, 2.24) is 9.97 Å². The number of carbonyl (C=O) groups excluding carboxylic acids is 1. The molecular weight excluding hydrogens is 296 g/mol. The van der Waals surface area contributed by atoms with Crippen molar-refractivity contribution in [2.24, 2.45) is 17.2 Å². The summed E-state index contributed by atoms with van der Waals surface area (Å²) < 4.78 is 0. The van der Waals surface area contributed by atoms with Crippen LogP contribution in [-0.2, 0) is 0 Å². The molecule has 9 heteroatoms. The van der Waals surface area contributed by atoms with Crippen LogP contribution in [0.1, 0.15) is 37.2 Å². The lowest BCUT2D eigenvalue weighted by molar-refractivity contribution is 0.0996. The van der Waals surface area contributed by atoms with Gasteiger partial charge in [-0.05, 0) is 13.3 Å². The maximum Gasteiger partial charge on any atom is 0.271 e. The molecule has 126 valence electrons. The topological polar surface area (TPSA) is 169 Å². The van der Waals surface area contributed by atoms with Crippen LogP contribution in [0, 0.1) is 5.41 Å². The fraction of sp³-hybridized carbons (Fsp3) is 0.429. The molecular formula is C14H24N8O. The molecule has 0 saturated heterocycles. The van der Waals surface area contributed by atoms with Crippen LogP contribution in [0.4, 0.5) is 11.6 Å². The third kappa shape index (κ3) is 5.22. The minimum absolute atomic E-state index is 0.0221. The first-order valence-corrected chi connectivity index (χ1v) is 7.31. The van der Waals surface area contributed by atoms with Crippen LogP contribution in [0.5, 0.6) is 0 Å². The summed E-state index contributed by atoms with van der Waals surface area (Å²) in [7, 11) is 0. The number of nitrogens with two attached hydrogens (primary N) is 3. The minimum atomic E-state index is -0.731. The molecule has 2 atom stereocenters. The number of nitrogens with one attached hydrogen (secondary N) is 3. The van der Waals surface area contributed by atoms with Gasteiger partial charge in [-0.25, -0.2) is 9.97 Å². The minimum Gasteiger partial charge on any atom is -0.403 e. The van der Waals surface area contributed by atoms with Crippen molar-refractivity contribution in [2.45, 2.75) is 38.8 Å². The third-order valence-corrected chi connectivity index (χ3v) is 3.17. The van der Waals surface area contributed by atoms with Crippen LogP contribution >= 0.6 is 0 Å². The Hall–Kier alpha value is -2.68. The van der Waals surface area contributed by atoms with Crippen molar-refractivity contribution in [2.75, 3.05) is 10.6 Å². The van der Waals surface area contributed by atoms with E-state index in [0.29, 0.717) is 5.82 Å². The molecule has 0 radical (unpaired) electrons. The Bertz CT molecular complexity index is 584. The maximum absolute atomic E-state index is 11.5. The molecule has 1 aromatic rings. The van der Waals surface area contributed by atoms with Crippen LogP contribution in [0.3, 0.4) is 0 Å². The maximum atomic E-state index is 11.5. The lowest BCUT2D eigenvalue weighted by Gasteiger charge is -2.22. The third-order valence-electron chi connectivity index (χ3n) is 3.17. The fourth-order valence-electron chi connectivity index (χ4n) is 1.96. The second kappa shape index (κ2) is 8.69. The fourth-order valence-corrected chi connectivity index (χ4v) is 1.96. The van der Waals surface area contributed by atoms with Gasteiger partial charge in [0.25, 0.3) is 5.91 Å². The van der Waals surface area contributed by atoms with Crippen LogP contribution < -0.4 is 27.8 Å². The first kappa shape index (κ1) is 18.4. The van der Waals surface area contributed by atoms with E-state index < -0.39 is 5.91 Å². The van der Waals surface area contributed by atoms with E-state index in [1.807, 2.05) is 6.92 Å². The Labute approximate surface area is 135 Å². The number of allylic oxidation sites excluding steroid dienone is 1. The van der Waals surface area contributed by atoms with E-state index >= 15 is 0 Å². The lowest BCUT2D eigenvalue weighted by atomic mass is 10.1. The summed E-state index contributed by atoms with van der Waals surface area (Å²) in [6.07, 6.45) is 5.43. The van der Waals surface area contributed by atoms with E-state index in [9.17, 15) is 4.79 Å². The predicted octanol–water partition coefficient (Wildman–Crippen LogP) is 0.365. The molecule has 9 N–H and O–H groups in total. The van der Waals surface area contributed by atoms with Gasteiger partial charge in [-0.2, -0.15) is 0 Å². The zero-order valence-corrected chi connectivity index (χ0v) is 13.3.